The highest BCUT2D eigenvalue weighted by molar-refractivity contribution is 6.40. The molecule has 10 heteroatoms. The van der Waals surface area contributed by atoms with Crippen molar-refractivity contribution >= 4 is 60.4 Å². The summed E-state index contributed by atoms with van der Waals surface area (Å²) in [6.45, 7) is 14.7. The molecule has 7 aromatic rings. The lowest BCUT2D eigenvalue weighted by atomic mass is 9.61. The van der Waals surface area contributed by atoms with Crippen LogP contribution in [0.1, 0.15) is 83.2 Å². The van der Waals surface area contributed by atoms with Crippen molar-refractivity contribution in [1.82, 2.24) is 19.9 Å². The summed E-state index contributed by atoms with van der Waals surface area (Å²) >= 11 is 0. The third kappa shape index (κ3) is 5.48. The summed E-state index contributed by atoms with van der Waals surface area (Å²) in [5.41, 5.74) is 2.79. The number of hydrogen-bond donors (Lipinski definition) is 0. The number of carbonyl (C=O) groups is 1. The maximum atomic E-state index is 13.6. The van der Waals surface area contributed by atoms with E-state index < -0.39 is 5.41 Å². The molecule has 0 saturated carbocycles. The monoisotopic (exact) mass is 694 g/mol. The molecule has 53 heavy (non-hydrogen) atoms. The van der Waals surface area contributed by atoms with Crippen LogP contribution in [0.2, 0.25) is 0 Å². The molecule has 0 saturated heterocycles. The fourth-order valence-corrected chi connectivity index (χ4v) is 7.48. The maximum absolute atomic E-state index is 13.6. The quantitative estimate of drug-likeness (QED) is 0.0960. The van der Waals surface area contributed by atoms with Gasteiger partial charge in [0.15, 0.2) is 22.8 Å². The number of fused-ring (bicyclic) bond motifs is 6. The van der Waals surface area contributed by atoms with E-state index in [1.807, 2.05) is 85.8 Å². The Bertz CT molecular complexity index is 2840. The second kappa shape index (κ2) is 12.2. The summed E-state index contributed by atoms with van der Waals surface area (Å²) < 4.78 is 5.97. The van der Waals surface area contributed by atoms with E-state index >= 15 is 0 Å². The first-order valence-electron chi connectivity index (χ1n) is 17.2. The molecule has 2 aromatic heterocycles. The van der Waals surface area contributed by atoms with E-state index in [0.717, 1.165) is 27.5 Å². The Balaban J connectivity index is 1.44. The number of carbonyl (C=O) groups excluding carboxylic acids is 1. The topological polar surface area (TPSA) is 173 Å². The van der Waals surface area contributed by atoms with Crippen LogP contribution in [0, 0.1) is 61.6 Å². The van der Waals surface area contributed by atoms with Gasteiger partial charge in [-0.1, -0.05) is 96.1 Å². The first-order valence-corrected chi connectivity index (χ1v) is 17.2. The minimum absolute atomic E-state index is 0.0709. The third-order valence-corrected chi connectivity index (χ3v) is 10.4. The minimum atomic E-state index is -0.693. The zero-order valence-corrected chi connectivity index (χ0v) is 30.5. The third-order valence-electron chi connectivity index (χ3n) is 10.4. The molecule has 0 aliphatic rings. The fourth-order valence-electron chi connectivity index (χ4n) is 7.48. The molecule has 0 amide bonds. The Morgan fingerprint density at radius 3 is 1.55 bits per heavy atom. The number of ether oxygens (including phenoxy) is 1. The average molecular weight is 695 g/mol. The van der Waals surface area contributed by atoms with Gasteiger partial charge in [-0.3, -0.25) is 4.79 Å². The second-order valence-corrected chi connectivity index (χ2v) is 15.9. The summed E-state index contributed by atoms with van der Waals surface area (Å²) in [5.74, 6) is -0.234. The Morgan fingerprint density at radius 1 is 0.604 bits per heavy atom. The molecule has 10 nitrogen and oxygen atoms in total. The van der Waals surface area contributed by atoms with Crippen molar-refractivity contribution in [2.75, 3.05) is 0 Å². The van der Waals surface area contributed by atoms with Crippen LogP contribution < -0.4 is 0 Å². The van der Waals surface area contributed by atoms with Crippen LogP contribution in [0.15, 0.2) is 54.6 Å². The van der Waals surface area contributed by atoms with Crippen LogP contribution in [0.5, 0.6) is 0 Å². The number of nitriles is 4. The Labute approximate surface area is 306 Å². The maximum Gasteiger partial charge on any atom is 0.312 e. The summed E-state index contributed by atoms with van der Waals surface area (Å²) in [7, 11) is 0. The molecule has 1 unspecified atom stereocenters. The molecule has 7 rings (SSSR count). The van der Waals surface area contributed by atoms with Crippen molar-refractivity contribution in [2.24, 2.45) is 16.2 Å². The first-order chi connectivity index (χ1) is 25.1. The van der Waals surface area contributed by atoms with E-state index in [4.69, 9.17) is 9.72 Å². The lowest BCUT2D eigenvalue weighted by Crippen LogP contribution is -2.44. The lowest BCUT2D eigenvalue weighted by molar-refractivity contribution is -0.166. The van der Waals surface area contributed by atoms with Gasteiger partial charge in [0, 0.05) is 32.3 Å². The van der Waals surface area contributed by atoms with Gasteiger partial charge in [-0.05, 0) is 40.9 Å². The van der Waals surface area contributed by atoms with E-state index in [1.54, 1.807) is 0 Å². The van der Waals surface area contributed by atoms with E-state index in [1.165, 1.54) is 0 Å². The van der Waals surface area contributed by atoms with Crippen molar-refractivity contribution in [3.8, 4) is 35.4 Å². The fraction of sp³-hybridized carbons (Fsp3) is 0.279. The van der Waals surface area contributed by atoms with Crippen LogP contribution in [-0.2, 0) is 16.1 Å². The number of benzene rings is 5. The normalized spacial score (nSPS) is 13.1. The van der Waals surface area contributed by atoms with Gasteiger partial charge in [0.1, 0.15) is 30.9 Å². The van der Waals surface area contributed by atoms with Gasteiger partial charge in [0.2, 0.25) is 0 Å². The molecule has 0 radical (unpaired) electrons. The zero-order valence-electron chi connectivity index (χ0n) is 30.5. The summed E-state index contributed by atoms with van der Waals surface area (Å²) in [6, 6.07) is 25.2. The van der Waals surface area contributed by atoms with Crippen LogP contribution in [-0.4, -0.2) is 25.9 Å². The minimum Gasteiger partial charge on any atom is -0.460 e. The van der Waals surface area contributed by atoms with E-state index in [-0.39, 0.29) is 46.2 Å². The molecule has 2 heterocycles. The Kier molecular flexibility index (Phi) is 7.98. The van der Waals surface area contributed by atoms with Crippen molar-refractivity contribution in [3.63, 3.8) is 0 Å². The highest BCUT2D eigenvalue weighted by Gasteiger charge is 2.47. The van der Waals surface area contributed by atoms with Crippen LogP contribution in [0.25, 0.3) is 65.5 Å². The van der Waals surface area contributed by atoms with Gasteiger partial charge in [0.25, 0.3) is 0 Å². The molecule has 1 atom stereocenters. The zero-order chi connectivity index (χ0) is 38.0. The molecule has 0 spiro atoms. The number of aromatic nitrogens is 4. The van der Waals surface area contributed by atoms with Gasteiger partial charge >= 0.3 is 5.97 Å². The van der Waals surface area contributed by atoms with Crippen molar-refractivity contribution in [3.05, 3.63) is 82.9 Å². The molecule has 0 fully saturated rings. The Morgan fingerprint density at radius 2 is 1.08 bits per heavy atom. The first kappa shape index (κ1) is 34.7. The van der Waals surface area contributed by atoms with Gasteiger partial charge in [-0.15, -0.1) is 0 Å². The second-order valence-electron chi connectivity index (χ2n) is 15.9. The SMILES string of the molecule is CC(C)(C)CC(C)(C(=O)OCc1ccc(-c2ccc3c4nc(C#N)c(C#N)nc4c4cccc5c6nc(C#N)c(C#N)nc6c2c3c45)cc1)C(C)(C)C. The predicted octanol–water partition coefficient (Wildman–Crippen LogP) is 9.16. The van der Waals surface area contributed by atoms with Crippen LogP contribution in [0.4, 0.5) is 0 Å². The molecule has 0 N–H and O–H groups in total. The molecule has 0 bridgehead atoms. The molecular formula is C43H34N8O2. The smallest absolute Gasteiger partial charge is 0.312 e. The summed E-state index contributed by atoms with van der Waals surface area (Å²) in [6.07, 6.45) is 0.675. The van der Waals surface area contributed by atoms with Gasteiger partial charge in [-0.25, -0.2) is 19.9 Å². The van der Waals surface area contributed by atoms with Crippen molar-refractivity contribution < 1.29 is 9.53 Å². The van der Waals surface area contributed by atoms with E-state index in [2.05, 4.69) is 56.5 Å². The van der Waals surface area contributed by atoms with Crippen molar-refractivity contribution in [1.29, 1.82) is 21.0 Å². The standard InChI is InChI=1S/C43H34N8O2/c1-41(2,3)22-43(7,42(4,5)6)40(52)53-21-23-11-13-24(14-12-23)25-15-16-28-34-33-26(36-37(28)49-30(18-45)29(17-44)48-36)9-8-10-27(33)38-39(35(25)34)51-32(20-47)31(19-46)50-38/h8-16H,21-22H2,1-7H3. The molecule has 5 aromatic carbocycles. The number of esters is 1. The Hall–Kier alpha value is -6.75. The van der Waals surface area contributed by atoms with E-state index in [0.29, 0.717) is 50.0 Å². The van der Waals surface area contributed by atoms with E-state index in [9.17, 15) is 25.8 Å². The van der Waals surface area contributed by atoms with Gasteiger partial charge < -0.3 is 4.74 Å². The van der Waals surface area contributed by atoms with Gasteiger partial charge in [0.05, 0.1) is 27.5 Å². The number of hydrogen-bond acceptors (Lipinski definition) is 10. The van der Waals surface area contributed by atoms with Crippen LogP contribution in [0.3, 0.4) is 0 Å². The average Bonchev–Trinajstić information content (AvgIpc) is 3.14. The number of rotatable bonds is 5. The molecular weight excluding hydrogens is 661 g/mol. The molecule has 0 aliphatic carbocycles. The highest BCUT2D eigenvalue weighted by atomic mass is 16.5. The van der Waals surface area contributed by atoms with Crippen LogP contribution >= 0.6 is 0 Å². The molecule has 258 valence electrons. The number of nitrogens with zero attached hydrogens (tertiary/aromatic N) is 8. The van der Waals surface area contributed by atoms with Crippen molar-refractivity contribution in [2.45, 2.75) is 61.5 Å². The summed E-state index contributed by atoms with van der Waals surface area (Å²) in [5, 5.41) is 43.8. The highest BCUT2D eigenvalue weighted by Crippen LogP contribution is 2.48. The van der Waals surface area contributed by atoms with Gasteiger partial charge in [-0.2, -0.15) is 21.0 Å². The predicted molar refractivity (Wildman–Crippen MR) is 202 cm³/mol. The largest absolute Gasteiger partial charge is 0.460 e. The molecule has 0 aliphatic heterocycles. The summed E-state index contributed by atoms with van der Waals surface area (Å²) in [4.78, 5) is 32.3. The lowest BCUT2D eigenvalue weighted by Gasteiger charge is -2.43.